The van der Waals surface area contributed by atoms with E-state index in [0.29, 0.717) is 5.92 Å². The standard InChI is InChI=1S/C27H26F2N2/c28-23-11-12-24(29)22(17-23)18-30-26-21-13-15-31(16-14-21)27(26)25(19-7-3-1-4-8-19)20-9-5-2-6-10-20/h1-12,17-18,21,25-27H,13-16H2. The van der Waals surface area contributed by atoms with Gasteiger partial charge in [-0.1, -0.05) is 60.7 Å². The van der Waals surface area contributed by atoms with Crippen LogP contribution in [0, 0.1) is 17.6 Å². The fraction of sp³-hybridized carbons (Fsp3) is 0.296. The van der Waals surface area contributed by atoms with Crippen LogP contribution >= 0.6 is 0 Å². The average molecular weight is 417 g/mol. The molecule has 2 nitrogen and oxygen atoms in total. The molecule has 3 aliphatic heterocycles. The fourth-order valence-electron chi connectivity index (χ4n) is 5.36. The summed E-state index contributed by atoms with van der Waals surface area (Å²) < 4.78 is 27.9. The number of piperidine rings is 3. The van der Waals surface area contributed by atoms with Crippen molar-refractivity contribution < 1.29 is 8.78 Å². The molecule has 4 heteroatoms. The highest BCUT2D eigenvalue weighted by Crippen LogP contribution is 2.43. The Labute approximate surface area is 182 Å². The number of rotatable bonds is 5. The van der Waals surface area contributed by atoms with Gasteiger partial charge in [-0.25, -0.2) is 8.78 Å². The van der Waals surface area contributed by atoms with E-state index in [1.807, 2.05) is 12.1 Å². The molecule has 3 fully saturated rings. The van der Waals surface area contributed by atoms with Crippen molar-refractivity contribution in [2.75, 3.05) is 13.1 Å². The van der Waals surface area contributed by atoms with Gasteiger partial charge in [-0.2, -0.15) is 0 Å². The van der Waals surface area contributed by atoms with Crippen LogP contribution in [-0.2, 0) is 0 Å². The van der Waals surface area contributed by atoms with Crippen LogP contribution in [0.5, 0.6) is 0 Å². The third kappa shape index (κ3) is 4.05. The van der Waals surface area contributed by atoms with Gasteiger partial charge in [0, 0.05) is 23.7 Å². The molecule has 0 radical (unpaired) electrons. The van der Waals surface area contributed by atoms with Crippen molar-refractivity contribution in [1.82, 2.24) is 4.90 Å². The first-order valence-corrected chi connectivity index (χ1v) is 11.0. The fourth-order valence-corrected chi connectivity index (χ4v) is 5.36. The van der Waals surface area contributed by atoms with Crippen LogP contribution in [0.4, 0.5) is 8.78 Å². The normalized spacial score (nSPS) is 25.4. The first-order chi connectivity index (χ1) is 15.2. The van der Waals surface area contributed by atoms with Crippen LogP contribution < -0.4 is 0 Å². The lowest BCUT2D eigenvalue weighted by molar-refractivity contribution is 0.0215. The summed E-state index contributed by atoms with van der Waals surface area (Å²) in [5.74, 6) is -0.256. The van der Waals surface area contributed by atoms with E-state index < -0.39 is 11.6 Å². The van der Waals surface area contributed by atoms with E-state index in [1.54, 1.807) is 6.21 Å². The number of aliphatic imine (C=N–C) groups is 1. The molecule has 6 rings (SSSR count). The summed E-state index contributed by atoms with van der Waals surface area (Å²) >= 11 is 0. The minimum absolute atomic E-state index is 0.0376. The minimum atomic E-state index is -0.445. The van der Waals surface area contributed by atoms with E-state index in [-0.39, 0.29) is 23.6 Å². The Morgan fingerprint density at radius 1 is 0.839 bits per heavy atom. The number of hydrogen-bond donors (Lipinski definition) is 0. The summed E-state index contributed by atoms with van der Waals surface area (Å²) in [6.07, 6.45) is 3.74. The van der Waals surface area contributed by atoms with E-state index in [0.717, 1.165) is 32.0 Å². The molecular formula is C27H26F2N2. The maximum Gasteiger partial charge on any atom is 0.132 e. The third-order valence-corrected chi connectivity index (χ3v) is 6.83. The number of hydrogen-bond acceptors (Lipinski definition) is 2. The van der Waals surface area contributed by atoms with Crippen molar-refractivity contribution in [2.24, 2.45) is 10.9 Å². The minimum Gasteiger partial charge on any atom is -0.297 e. The molecule has 3 aromatic carbocycles. The van der Waals surface area contributed by atoms with E-state index in [9.17, 15) is 8.78 Å². The maximum atomic E-state index is 14.2. The van der Waals surface area contributed by atoms with Gasteiger partial charge in [-0.3, -0.25) is 9.89 Å². The summed E-state index contributed by atoms with van der Waals surface area (Å²) in [5.41, 5.74) is 2.75. The molecular weight excluding hydrogens is 390 g/mol. The Morgan fingerprint density at radius 2 is 1.45 bits per heavy atom. The average Bonchev–Trinajstić information content (AvgIpc) is 2.82. The molecule has 0 N–H and O–H groups in total. The first kappa shape index (κ1) is 20.1. The molecule has 2 bridgehead atoms. The van der Waals surface area contributed by atoms with Gasteiger partial charge in [0.05, 0.1) is 6.04 Å². The lowest BCUT2D eigenvalue weighted by Gasteiger charge is -2.52. The molecule has 0 amide bonds. The molecule has 2 atom stereocenters. The molecule has 158 valence electrons. The zero-order chi connectivity index (χ0) is 21.2. The number of halogens is 2. The number of nitrogens with zero attached hydrogens (tertiary/aromatic N) is 2. The second-order valence-corrected chi connectivity index (χ2v) is 8.60. The topological polar surface area (TPSA) is 15.6 Å². The monoisotopic (exact) mass is 416 g/mol. The van der Waals surface area contributed by atoms with Crippen LogP contribution in [0.1, 0.15) is 35.4 Å². The lowest BCUT2D eigenvalue weighted by atomic mass is 9.71. The second kappa shape index (κ2) is 8.72. The predicted octanol–water partition coefficient (Wildman–Crippen LogP) is 5.68. The number of fused-ring (bicyclic) bond motifs is 3. The molecule has 31 heavy (non-hydrogen) atoms. The molecule has 0 spiro atoms. The highest BCUT2D eigenvalue weighted by molar-refractivity contribution is 5.80. The quantitative estimate of drug-likeness (QED) is 0.489. The van der Waals surface area contributed by atoms with Crippen molar-refractivity contribution in [1.29, 1.82) is 0 Å². The summed E-state index contributed by atoms with van der Waals surface area (Å²) in [6, 6.07) is 24.9. The Hall–Kier alpha value is -2.85. The number of benzene rings is 3. The lowest BCUT2D eigenvalue weighted by Crippen LogP contribution is -2.59. The molecule has 3 saturated heterocycles. The SMILES string of the molecule is Fc1ccc(F)c(C=NC2C3CCN(CC3)C2C(c2ccccc2)c2ccccc2)c1. The van der Waals surface area contributed by atoms with E-state index >= 15 is 0 Å². The molecule has 2 unspecified atom stereocenters. The maximum absolute atomic E-state index is 14.2. The van der Waals surface area contributed by atoms with Crippen molar-refractivity contribution in [3.63, 3.8) is 0 Å². The zero-order valence-electron chi connectivity index (χ0n) is 17.4. The molecule has 3 heterocycles. The van der Waals surface area contributed by atoms with Crippen molar-refractivity contribution in [3.05, 3.63) is 107 Å². The van der Waals surface area contributed by atoms with E-state index in [4.69, 9.17) is 4.99 Å². The van der Waals surface area contributed by atoms with Crippen LogP contribution in [0.15, 0.2) is 83.9 Å². The largest absolute Gasteiger partial charge is 0.297 e. The zero-order valence-corrected chi connectivity index (χ0v) is 17.4. The van der Waals surface area contributed by atoms with Gasteiger partial charge >= 0.3 is 0 Å². The van der Waals surface area contributed by atoms with Gasteiger partial charge < -0.3 is 0 Å². The van der Waals surface area contributed by atoms with Gasteiger partial charge in [-0.15, -0.1) is 0 Å². The van der Waals surface area contributed by atoms with Crippen LogP contribution in [-0.4, -0.2) is 36.3 Å². The molecule has 0 saturated carbocycles. The molecule has 0 aliphatic carbocycles. The Balaban J connectivity index is 1.56. The summed E-state index contributed by atoms with van der Waals surface area (Å²) in [4.78, 5) is 7.47. The third-order valence-electron chi connectivity index (χ3n) is 6.83. The summed E-state index contributed by atoms with van der Waals surface area (Å²) in [6.45, 7) is 2.12. The van der Waals surface area contributed by atoms with Crippen LogP contribution in [0.25, 0.3) is 0 Å². The van der Waals surface area contributed by atoms with Crippen molar-refractivity contribution >= 4 is 6.21 Å². The van der Waals surface area contributed by atoms with Crippen LogP contribution in [0.3, 0.4) is 0 Å². The van der Waals surface area contributed by atoms with Crippen molar-refractivity contribution in [3.8, 4) is 0 Å². The van der Waals surface area contributed by atoms with Crippen molar-refractivity contribution in [2.45, 2.75) is 30.8 Å². The Morgan fingerprint density at radius 3 is 2.06 bits per heavy atom. The van der Waals surface area contributed by atoms with E-state index in [2.05, 4.69) is 53.4 Å². The molecule has 3 aliphatic rings. The van der Waals surface area contributed by atoms with E-state index in [1.165, 1.54) is 23.3 Å². The first-order valence-electron chi connectivity index (χ1n) is 11.0. The van der Waals surface area contributed by atoms with Gasteiger partial charge in [-0.05, 0) is 61.2 Å². The van der Waals surface area contributed by atoms with Gasteiger partial charge in [0.15, 0.2) is 0 Å². The summed E-state index contributed by atoms with van der Waals surface area (Å²) in [5, 5.41) is 0. The van der Waals surface area contributed by atoms with Crippen LogP contribution in [0.2, 0.25) is 0 Å². The predicted molar refractivity (Wildman–Crippen MR) is 121 cm³/mol. The highest BCUT2D eigenvalue weighted by Gasteiger charge is 2.46. The molecule has 0 aromatic heterocycles. The Bertz CT molecular complexity index is 1000. The van der Waals surface area contributed by atoms with Gasteiger partial charge in [0.1, 0.15) is 11.6 Å². The second-order valence-electron chi connectivity index (χ2n) is 8.60. The highest BCUT2D eigenvalue weighted by atomic mass is 19.1. The van der Waals surface area contributed by atoms with Gasteiger partial charge in [0.2, 0.25) is 0 Å². The smallest absolute Gasteiger partial charge is 0.132 e. The summed E-state index contributed by atoms with van der Waals surface area (Å²) in [7, 11) is 0. The van der Waals surface area contributed by atoms with Gasteiger partial charge in [0.25, 0.3) is 0 Å². The molecule has 3 aromatic rings. The Kier molecular flexibility index (Phi) is 5.65.